The standard InChI is InChI=1S/C19H24FN7O3/c1-12(2)30-19(29)25-6-5-16(14(20)9-25)27(13-3-4-13)18(28)15-7-23-17(8-22-15)26-11-21-10-24-26/h7-8,10-14,16H,3-6,9H2,1-2H3/t14-,16+/m1/s1. The number of carbonyl (C=O) groups is 2. The average Bonchev–Trinajstić information content (AvgIpc) is 3.40. The lowest BCUT2D eigenvalue weighted by Gasteiger charge is -2.40. The molecule has 160 valence electrons. The van der Waals surface area contributed by atoms with Gasteiger partial charge < -0.3 is 14.5 Å². The Kier molecular flexibility index (Phi) is 5.60. The maximum absolute atomic E-state index is 15.1. The minimum atomic E-state index is -1.36. The molecule has 0 unspecified atom stereocenters. The van der Waals surface area contributed by atoms with Gasteiger partial charge in [-0.15, -0.1) is 0 Å². The third-order valence-electron chi connectivity index (χ3n) is 5.14. The molecule has 0 bridgehead atoms. The summed E-state index contributed by atoms with van der Waals surface area (Å²) in [6.07, 6.45) is 5.53. The fourth-order valence-corrected chi connectivity index (χ4v) is 3.60. The first-order chi connectivity index (χ1) is 14.4. The maximum atomic E-state index is 15.1. The largest absolute Gasteiger partial charge is 0.447 e. The van der Waals surface area contributed by atoms with Gasteiger partial charge in [0.2, 0.25) is 0 Å². The molecule has 2 aromatic rings. The molecule has 2 aromatic heterocycles. The Labute approximate surface area is 173 Å². The predicted octanol–water partition coefficient (Wildman–Crippen LogP) is 1.62. The molecule has 2 fully saturated rings. The molecule has 2 aliphatic rings. The Morgan fingerprint density at radius 3 is 2.60 bits per heavy atom. The molecule has 2 amide bonds. The van der Waals surface area contributed by atoms with Gasteiger partial charge in [0.05, 0.1) is 31.1 Å². The van der Waals surface area contributed by atoms with Crippen LogP contribution in [0.25, 0.3) is 5.82 Å². The SMILES string of the molecule is CC(C)OC(=O)N1CC[C@H](N(C(=O)c2cnc(-n3cncn3)cn2)C2CC2)[C@H](F)C1. The minimum absolute atomic E-state index is 0.00768. The van der Waals surface area contributed by atoms with E-state index >= 15 is 4.39 Å². The van der Waals surface area contributed by atoms with Crippen molar-refractivity contribution in [1.29, 1.82) is 0 Å². The molecule has 2 atom stereocenters. The van der Waals surface area contributed by atoms with E-state index in [1.165, 1.54) is 34.6 Å². The molecule has 10 nitrogen and oxygen atoms in total. The van der Waals surface area contributed by atoms with Gasteiger partial charge in [-0.25, -0.2) is 28.8 Å². The van der Waals surface area contributed by atoms with E-state index in [2.05, 4.69) is 20.1 Å². The number of piperidine rings is 1. The van der Waals surface area contributed by atoms with Gasteiger partial charge >= 0.3 is 6.09 Å². The van der Waals surface area contributed by atoms with Crippen molar-refractivity contribution >= 4 is 12.0 Å². The van der Waals surface area contributed by atoms with Crippen LogP contribution in [0.15, 0.2) is 25.0 Å². The van der Waals surface area contributed by atoms with Gasteiger partial charge in [0.25, 0.3) is 5.91 Å². The maximum Gasteiger partial charge on any atom is 0.410 e. The van der Waals surface area contributed by atoms with Crippen LogP contribution in [-0.2, 0) is 4.74 Å². The average molecular weight is 417 g/mol. The van der Waals surface area contributed by atoms with E-state index in [0.717, 1.165) is 12.8 Å². The van der Waals surface area contributed by atoms with Crippen LogP contribution in [0.2, 0.25) is 0 Å². The third kappa shape index (κ3) is 4.24. The Bertz CT molecular complexity index is 886. The molecule has 1 saturated heterocycles. The van der Waals surface area contributed by atoms with E-state index in [4.69, 9.17) is 4.74 Å². The second-order valence-corrected chi connectivity index (χ2v) is 7.79. The van der Waals surface area contributed by atoms with Crippen LogP contribution in [0, 0.1) is 0 Å². The quantitative estimate of drug-likeness (QED) is 0.728. The topological polar surface area (TPSA) is 106 Å². The van der Waals surface area contributed by atoms with Crippen LogP contribution in [0.5, 0.6) is 0 Å². The van der Waals surface area contributed by atoms with Gasteiger partial charge in [-0.2, -0.15) is 5.10 Å². The van der Waals surface area contributed by atoms with Crippen molar-refractivity contribution in [3.8, 4) is 5.82 Å². The first-order valence-electron chi connectivity index (χ1n) is 10.0. The second kappa shape index (κ2) is 8.33. The minimum Gasteiger partial charge on any atom is -0.447 e. The lowest BCUT2D eigenvalue weighted by atomic mass is 10.0. The van der Waals surface area contributed by atoms with Crippen LogP contribution in [0.1, 0.15) is 43.6 Å². The van der Waals surface area contributed by atoms with Gasteiger partial charge in [0.15, 0.2) is 5.82 Å². The summed E-state index contributed by atoms with van der Waals surface area (Å²) in [5, 5.41) is 3.97. The van der Waals surface area contributed by atoms with Crippen LogP contribution < -0.4 is 0 Å². The van der Waals surface area contributed by atoms with Crippen molar-refractivity contribution in [2.75, 3.05) is 13.1 Å². The first-order valence-corrected chi connectivity index (χ1v) is 10.0. The molecule has 1 aliphatic heterocycles. The Morgan fingerprint density at radius 2 is 2.03 bits per heavy atom. The second-order valence-electron chi connectivity index (χ2n) is 7.79. The summed E-state index contributed by atoms with van der Waals surface area (Å²) < 4.78 is 21.7. The van der Waals surface area contributed by atoms with Crippen molar-refractivity contribution in [3.63, 3.8) is 0 Å². The van der Waals surface area contributed by atoms with Crippen molar-refractivity contribution in [3.05, 3.63) is 30.7 Å². The molecule has 30 heavy (non-hydrogen) atoms. The highest BCUT2D eigenvalue weighted by Crippen LogP contribution is 2.34. The van der Waals surface area contributed by atoms with E-state index in [0.29, 0.717) is 18.8 Å². The summed E-state index contributed by atoms with van der Waals surface area (Å²) in [4.78, 5) is 40.5. The van der Waals surface area contributed by atoms with Crippen LogP contribution in [0.4, 0.5) is 9.18 Å². The van der Waals surface area contributed by atoms with E-state index in [9.17, 15) is 9.59 Å². The molecular weight excluding hydrogens is 393 g/mol. The Balaban J connectivity index is 1.46. The zero-order valence-electron chi connectivity index (χ0n) is 16.9. The number of hydrogen-bond donors (Lipinski definition) is 0. The number of carbonyl (C=O) groups excluding carboxylic acids is 2. The van der Waals surface area contributed by atoms with Crippen molar-refractivity contribution in [2.45, 2.75) is 57.5 Å². The van der Waals surface area contributed by atoms with Crippen molar-refractivity contribution in [2.24, 2.45) is 0 Å². The predicted molar refractivity (Wildman–Crippen MR) is 103 cm³/mol. The molecular formula is C19H24FN7O3. The van der Waals surface area contributed by atoms with Crippen molar-refractivity contribution < 1.29 is 18.7 Å². The van der Waals surface area contributed by atoms with Gasteiger partial charge in [0.1, 0.15) is 24.5 Å². The number of ether oxygens (including phenoxy) is 1. The van der Waals surface area contributed by atoms with Crippen LogP contribution in [0.3, 0.4) is 0 Å². The number of halogens is 1. The summed E-state index contributed by atoms with van der Waals surface area (Å²) in [6.45, 7) is 3.74. The highest BCUT2D eigenvalue weighted by atomic mass is 19.1. The number of amides is 2. The molecule has 4 rings (SSSR count). The molecule has 0 aromatic carbocycles. The van der Waals surface area contributed by atoms with E-state index in [1.807, 2.05) is 0 Å². The molecule has 1 aliphatic carbocycles. The number of rotatable bonds is 5. The van der Waals surface area contributed by atoms with Crippen LogP contribution in [-0.4, -0.2) is 84.0 Å². The summed E-state index contributed by atoms with van der Waals surface area (Å²) in [5.41, 5.74) is 0.152. The fraction of sp³-hybridized carbons (Fsp3) is 0.579. The highest BCUT2D eigenvalue weighted by molar-refractivity contribution is 5.92. The number of aromatic nitrogens is 5. The van der Waals surface area contributed by atoms with Crippen LogP contribution >= 0.6 is 0 Å². The molecule has 3 heterocycles. The van der Waals surface area contributed by atoms with Crippen molar-refractivity contribution in [1.82, 2.24) is 34.5 Å². The summed E-state index contributed by atoms with van der Waals surface area (Å²) >= 11 is 0. The molecule has 0 radical (unpaired) electrons. The zero-order chi connectivity index (χ0) is 21.3. The summed E-state index contributed by atoms with van der Waals surface area (Å²) in [5.74, 6) is 0.0864. The monoisotopic (exact) mass is 417 g/mol. The van der Waals surface area contributed by atoms with Gasteiger partial charge in [0, 0.05) is 12.6 Å². The Morgan fingerprint density at radius 1 is 1.23 bits per heavy atom. The zero-order valence-corrected chi connectivity index (χ0v) is 16.9. The van der Waals surface area contributed by atoms with Gasteiger partial charge in [-0.3, -0.25) is 4.79 Å². The van der Waals surface area contributed by atoms with Gasteiger partial charge in [-0.05, 0) is 33.1 Å². The smallest absolute Gasteiger partial charge is 0.410 e. The highest BCUT2D eigenvalue weighted by Gasteiger charge is 2.44. The third-order valence-corrected chi connectivity index (χ3v) is 5.14. The summed E-state index contributed by atoms with van der Waals surface area (Å²) in [7, 11) is 0. The molecule has 1 saturated carbocycles. The van der Waals surface area contributed by atoms with E-state index in [-0.39, 0.29) is 30.3 Å². The number of likely N-dealkylation sites (tertiary alicyclic amines) is 1. The number of alkyl halides is 1. The lowest BCUT2D eigenvalue weighted by molar-refractivity contribution is 0.0151. The Hall–Kier alpha value is -3.11. The normalized spacial score (nSPS) is 21.5. The van der Waals surface area contributed by atoms with E-state index in [1.54, 1.807) is 18.7 Å². The molecule has 11 heteroatoms. The first kappa shape index (κ1) is 20.2. The molecule has 0 N–H and O–H groups in total. The number of hydrogen-bond acceptors (Lipinski definition) is 7. The van der Waals surface area contributed by atoms with Gasteiger partial charge in [-0.1, -0.05) is 0 Å². The number of nitrogens with zero attached hydrogens (tertiary/aromatic N) is 7. The lowest BCUT2D eigenvalue weighted by Crippen LogP contribution is -2.56. The van der Waals surface area contributed by atoms with E-state index < -0.39 is 18.3 Å². The summed E-state index contributed by atoms with van der Waals surface area (Å²) in [6, 6.07) is -0.614. The fourth-order valence-electron chi connectivity index (χ4n) is 3.60. The molecule has 0 spiro atoms.